The minimum absolute atomic E-state index is 0.273. The van der Waals surface area contributed by atoms with Crippen molar-refractivity contribution in [2.24, 2.45) is 5.92 Å². The summed E-state index contributed by atoms with van der Waals surface area (Å²) in [5, 5.41) is 0. The molecule has 1 amide bonds. The third-order valence-electron chi connectivity index (χ3n) is 2.56. The molecule has 4 heteroatoms. The third-order valence-corrected chi connectivity index (χ3v) is 2.56. The average Bonchev–Trinajstić information content (AvgIpc) is 3.00. The van der Waals surface area contributed by atoms with E-state index in [-0.39, 0.29) is 6.04 Å². The molecule has 1 rings (SSSR count). The first-order valence-electron chi connectivity index (χ1n) is 5.45. The van der Waals surface area contributed by atoms with E-state index in [1.807, 2.05) is 0 Å². The van der Waals surface area contributed by atoms with Gasteiger partial charge >= 0.3 is 11.9 Å². The first kappa shape index (κ1) is 12.0. The fourth-order valence-corrected chi connectivity index (χ4v) is 1.44. The van der Waals surface area contributed by atoms with E-state index in [1.54, 1.807) is 4.90 Å². The molecule has 0 aliphatic heterocycles. The van der Waals surface area contributed by atoms with Gasteiger partial charge in [0.25, 0.3) is 0 Å². The minimum Gasteiger partial charge on any atom is -0.462 e. The fourth-order valence-electron chi connectivity index (χ4n) is 1.44. The Balaban J connectivity index is 2.49. The number of nitrogens with zero attached hydrogens (tertiary/aromatic N) is 1. The van der Waals surface area contributed by atoms with E-state index in [1.165, 1.54) is 7.11 Å². The number of esters is 1. The van der Waals surface area contributed by atoms with Crippen LogP contribution in [0.5, 0.6) is 0 Å². The van der Waals surface area contributed by atoms with Crippen molar-refractivity contribution in [1.29, 1.82) is 0 Å². The summed E-state index contributed by atoms with van der Waals surface area (Å²) in [5.74, 6) is -0.692. The quantitative estimate of drug-likeness (QED) is 0.520. The van der Waals surface area contributed by atoms with Gasteiger partial charge < -0.3 is 9.64 Å². The van der Waals surface area contributed by atoms with Crippen LogP contribution in [0.4, 0.5) is 0 Å². The molecule has 1 saturated carbocycles. The van der Waals surface area contributed by atoms with Crippen molar-refractivity contribution in [3.63, 3.8) is 0 Å². The van der Waals surface area contributed by atoms with Crippen molar-refractivity contribution in [3.8, 4) is 0 Å². The summed E-state index contributed by atoms with van der Waals surface area (Å²) in [6.07, 6.45) is 2.96. The number of rotatable bonds is 4. The SMILES string of the molecule is COC(=O)C(=O)N(CCC(C)C)C1CC1. The Morgan fingerprint density at radius 2 is 2.00 bits per heavy atom. The topological polar surface area (TPSA) is 46.6 Å². The van der Waals surface area contributed by atoms with Crippen molar-refractivity contribution in [2.45, 2.75) is 39.2 Å². The first-order valence-corrected chi connectivity index (χ1v) is 5.45. The summed E-state index contributed by atoms with van der Waals surface area (Å²) in [6, 6.07) is 0.273. The molecule has 0 aromatic heterocycles. The lowest BCUT2D eigenvalue weighted by atomic mass is 10.1. The molecule has 0 spiro atoms. The maximum absolute atomic E-state index is 11.6. The van der Waals surface area contributed by atoms with Crippen molar-refractivity contribution in [3.05, 3.63) is 0 Å². The first-order chi connectivity index (χ1) is 7.06. The van der Waals surface area contributed by atoms with E-state index in [0.29, 0.717) is 12.5 Å². The van der Waals surface area contributed by atoms with Gasteiger partial charge in [-0.05, 0) is 25.2 Å². The maximum Gasteiger partial charge on any atom is 0.396 e. The highest BCUT2D eigenvalue weighted by atomic mass is 16.5. The van der Waals surface area contributed by atoms with Gasteiger partial charge in [-0.1, -0.05) is 13.8 Å². The number of ether oxygens (including phenoxy) is 1. The van der Waals surface area contributed by atoms with Gasteiger partial charge in [-0.15, -0.1) is 0 Å². The molecule has 0 bridgehead atoms. The minimum atomic E-state index is -0.745. The molecule has 4 nitrogen and oxygen atoms in total. The van der Waals surface area contributed by atoms with Crippen molar-refractivity contribution < 1.29 is 14.3 Å². The van der Waals surface area contributed by atoms with Crippen LogP contribution in [-0.4, -0.2) is 36.5 Å². The van der Waals surface area contributed by atoms with E-state index in [9.17, 15) is 9.59 Å². The van der Waals surface area contributed by atoms with Crippen LogP contribution in [0.25, 0.3) is 0 Å². The maximum atomic E-state index is 11.6. The van der Waals surface area contributed by atoms with Gasteiger partial charge in [-0.2, -0.15) is 0 Å². The molecule has 0 aromatic rings. The Kier molecular flexibility index (Phi) is 4.12. The van der Waals surface area contributed by atoms with Crippen LogP contribution in [0.15, 0.2) is 0 Å². The Bertz CT molecular complexity index is 246. The second-order valence-electron chi connectivity index (χ2n) is 4.40. The molecule has 0 aromatic carbocycles. The number of methoxy groups -OCH3 is 1. The summed E-state index contributed by atoms with van der Waals surface area (Å²) in [7, 11) is 1.24. The molecule has 86 valence electrons. The normalized spacial score (nSPS) is 15.2. The number of amides is 1. The highest BCUT2D eigenvalue weighted by molar-refractivity contribution is 6.32. The molecule has 1 aliphatic rings. The molecule has 0 N–H and O–H groups in total. The lowest BCUT2D eigenvalue weighted by Crippen LogP contribution is -2.39. The van der Waals surface area contributed by atoms with Crippen molar-refractivity contribution in [2.75, 3.05) is 13.7 Å². The smallest absolute Gasteiger partial charge is 0.396 e. The van der Waals surface area contributed by atoms with Gasteiger partial charge in [0.1, 0.15) is 0 Å². The molecule has 15 heavy (non-hydrogen) atoms. The van der Waals surface area contributed by atoms with E-state index in [4.69, 9.17) is 0 Å². The molecular weight excluding hydrogens is 194 g/mol. The second-order valence-corrected chi connectivity index (χ2v) is 4.40. The van der Waals surface area contributed by atoms with Crippen LogP contribution >= 0.6 is 0 Å². The fraction of sp³-hybridized carbons (Fsp3) is 0.818. The number of carbonyl (C=O) groups excluding carboxylic acids is 2. The molecule has 0 heterocycles. The predicted octanol–water partition coefficient (Wildman–Crippen LogP) is 1.20. The Morgan fingerprint density at radius 3 is 2.40 bits per heavy atom. The third kappa shape index (κ3) is 3.53. The van der Waals surface area contributed by atoms with Crippen molar-refractivity contribution in [1.82, 2.24) is 4.90 Å². The molecule has 1 aliphatic carbocycles. The molecule has 0 atom stereocenters. The van der Waals surface area contributed by atoms with E-state index >= 15 is 0 Å². The molecule has 1 fully saturated rings. The lowest BCUT2D eigenvalue weighted by molar-refractivity contribution is -0.158. The summed E-state index contributed by atoms with van der Waals surface area (Å²) in [5.41, 5.74) is 0. The largest absolute Gasteiger partial charge is 0.462 e. The Hall–Kier alpha value is -1.06. The van der Waals surface area contributed by atoms with Crippen LogP contribution in [0, 0.1) is 5.92 Å². The molecule has 0 saturated heterocycles. The van der Waals surface area contributed by atoms with Gasteiger partial charge in [0.15, 0.2) is 0 Å². The number of hydrogen-bond donors (Lipinski definition) is 0. The van der Waals surface area contributed by atoms with Gasteiger partial charge in [-0.3, -0.25) is 4.79 Å². The highest BCUT2D eigenvalue weighted by Crippen LogP contribution is 2.27. The van der Waals surface area contributed by atoms with Crippen LogP contribution < -0.4 is 0 Å². The Morgan fingerprint density at radius 1 is 1.40 bits per heavy atom. The summed E-state index contributed by atoms with van der Waals surface area (Å²) >= 11 is 0. The second kappa shape index (κ2) is 5.14. The van der Waals surface area contributed by atoms with Crippen LogP contribution in [0.1, 0.15) is 33.1 Å². The average molecular weight is 213 g/mol. The monoisotopic (exact) mass is 213 g/mol. The van der Waals surface area contributed by atoms with Gasteiger partial charge in [0, 0.05) is 12.6 Å². The summed E-state index contributed by atoms with van der Waals surface area (Å²) in [4.78, 5) is 24.4. The van der Waals surface area contributed by atoms with Crippen LogP contribution in [0.3, 0.4) is 0 Å². The lowest BCUT2D eigenvalue weighted by Gasteiger charge is -2.21. The number of hydrogen-bond acceptors (Lipinski definition) is 3. The van der Waals surface area contributed by atoms with Gasteiger partial charge in [0.2, 0.25) is 0 Å². The van der Waals surface area contributed by atoms with Crippen LogP contribution in [-0.2, 0) is 14.3 Å². The zero-order valence-corrected chi connectivity index (χ0v) is 9.66. The van der Waals surface area contributed by atoms with Gasteiger partial charge in [0.05, 0.1) is 7.11 Å². The Labute approximate surface area is 90.6 Å². The molecule has 0 radical (unpaired) electrons. The summed E-state index contributed by atoms with van der Waals surface area (Å²) < 4.78 is 4.45. The highest BCUT2D eigenvalue weighted by Gasteiger charge is 2.35. The standard InChI is InChI=1S/C11H19NO3/c1-8(2)6-7-12(9-4-5-9)10(13)11(14)15-3/h8-9H,4-7H2,1-3H3. The van der Waals surface area contributed by atoms with Gasteiger partial charge in [-0.25, -0.2) is 4.79 Å². The predicted molar refractivity (Wildman–Crippen MR) is 56.2 cm³/mol. The van der Waals surface area contributed by atoms with Crippen LogP contribution in [0.2, 0.25) is 0 Å². The molecule has 0 unspecified atom stereocenters. The van der Waals surface area contributed by atoms with E-state index in [2.05, 4.69) is 18.6 Å². The summed E-state index contributed by atoms with van der Waals surface area (Å²) in [6.45, 7) is 4.87. The number of carbonyl (C=O) groups is 2. The zero-order valence-electron chi connectivity index (χ0n) is 9.66. The van der Waals surface area contributed by atoms with E-state index in [0.717, 1.165) is 19.3 Å². The van der Waals surface area contributed by atoms with Crippen molar-refractivity contribution >= 4 is 11.9 Å². The zero-order chi connectivity index (χ0) is 11.4. The van der Waals surface area contributed by atoms with E-state index < -0.39 is 11.9 Å². The molecular formula is C11H19NO3.